The number of fused-ring (bicyclic) bond motifs is 4. The van der Waals surface area contributed by atoms with E-state index in [9.17, 15) is 0 Å². The molecule has 2 aromatic carbocycles. The molecule has 116 valence electrons. The van der Waals surface area contributed by atoms with Crippen LogP contribution in [0.1, 0.15) is 6.42 Å². The van der Waals surface area contributed by atoms with Crippen molar-refractivity contribution >= 4 is 32.8 Å². The summed E-state index contributed by atoms with van der Waals surface area (Å²) < 4.78 is 2.19. The molecule has 0 amide bonds. The predicted octanol–water partition coefficient (Wildman–Crippen LogP) is 3.10. The molecule has 0 aliphatic rings. The quantitative estimate of drug-likeness (QED) is 0.561. The fraction of sp³-hybridized carbons (Fsp3) is 0.211. The van der Waals surface area contributed by atoms with E-state index >= 15 is 0 Å². The summed E-state index contributed by atoms with van der Waals surface area (Å²) >= 11 is 0. The molecule has 0 aliphatic heterocycles. The second-order valence-corrected chi connectivity index (χ2v) is 5.78. The molecule has 4 aromatic rings. The number of aliphatic hydroxyl groups excluding tert-OH is 1. The van der Waals surface area contributed by atoms with Crippen molar-refractivity contribution in [3.63, 3.8) is 0 Å². The summed E-state index contributed by atoms with van der Waals surface area (Å²) in [6.45, 7) is 0.794. The highest BCUT2D eigenvalue weighted by Gasteiger charge is 2.12. The summed E-state index contributed by atoms with van der Waals surface area (Å²) in [6.07, 6.45) is 0.680. The van der Waals surface area contributed by atoms with E-state index in [1.807, 2.05) is 18.2 Å². The topological polar surface area (TPSA) is 53.3 Å². The molecule has 4 heteroatoms. The van der Waals surface area contributed by atoms with Crippen LogP contribution in [-0.4, -0.2) is 27.8 Å². The van der Waals surface area contributed by atoms with Crippen molar-refractivity contribution in [3.8, 4) is 0 Å². The van der Waals surface area contributed by atoms with E-state index in [0.29, 0.717) is 13.0 Å². The normalized spacial score (nSPS) is 12.7. The van der Waals surface area contributed by atoms with Gasteiger partial charge in [-0.3, -0.25) is 4.99 Å². The van der Waals surface area contributed by atoms with Gasteiger partial charge >= 0.3 is 0 Å². The van der Waals surface area contributed by atoms with Crippen LogP contribution in [0.2, 0.25) is 0 Å². The first kappa shape index (κ1) is 14.0. The molecule has 0 spiro atoms. The molecule has 2 heterocycles. The molecule has 0 fully saturated rings. The Morgan fingerprint density at radius 1 is 1.04 bits per heavy atom. The van der Waals surface area contributed by atoms with Crippen LogP contribution < -0.4 is 5.36 Å². The fourth-order valence-corrected chi connectivity index (χ4v) is 3.27. The third-order valence-corrected chi connectivity index (χ3v) is 4.37. The van der Waals surface area contributed by atoms with Gasteiger partial charge in [-0.25, -0.2) is 0 Å². The molecule has 0 bridgehead atoms. The summed E-state index contributed by atoms with van der Waals surface area (Å²) in [6, 6.07) is 16.7. The van der Waals surface area contributed by atoms with Crippen molar-refractivity contribution in [2.45, 2.75) is 6.42 Å². The molecule has 0 unspecified atom stereocenters. The SMILES string of the molecule is Cn1c2ccccc2c(=NCCCO)c2c3ccccc3[nH]c21. The van der Waals surface area contributed by atoms with Gasteiger partial charge in [-0.05, 0) is 18.6 Å². The van der Waals surface area contributed by atoms with Gasteiger partial charge in [-0.2, -0.15) is 0 Å². The van der Waals surface area contributed by atoms with Gasteiger partial charge < -0.3 is 14.7 Å². The predicted molar refractivity (Wildman–Crippen MR) is 94.4 cm³/mol. The Hall–Kier alpha value is -2.59. The minimum Gasteiger partial charge on any atom is -0.396 e. The zero-order valence-corrected chi connectivity index (χ0v) is 13.1. The molecule has 0 saturated heterocycles. The third kappa shape index (κ3) is 2.14. The second-order valence-electron chi connectivity index (χ2n) is 5.78. The summed E-state index contributed by atoms with van der Waals surface area (Å²) in [5.41, 5.74) is 3.34. The Bertz CT molecular complexity index is 1070. The molecule has 0 aliphatic carbocycles. The minimum atomic E-state index is 0.166. The first-order valence-corrected chi connectivity index (χ1v) is 7.91. The lowest BCUT2D eigenvalue weighted by Gasteiger charge is -2.09. The van der Waals surface area contributed by atoms with Crippen LogP contribution in [0.25, 0.3) is 32.8 Å². The van der Waals surface area contributed by atoms with Crippen molar-refractivity contribution in [3.05, 3.63) is 53.9 Å². The molecular weight excluding hydrogens is 286 g/mol. The number of hydrogen-bond donors (Lipinski definition) is 2. The first-order chi connectivity index (χ1) is 11.3. The number of aromatic nitrogens is 2. The molecule has 23 heavy (non-hydrogen) atoms. The highest BCUT2D eigenvalue weighted by molar-refractivity contribution is 6.09. The standard InChI is InChI=1S/C19H19N3O/c1-22-16-10-5-3-8-14(16)18(20-11-6-12-23)17-13-7-2-4-9-15(13)21-19(17)22/h2-5,7-10,21,23H,6,11-12H2,1H3. The number of pyridine rings is 1. The van der Waals surface area contributed by atoms with E-state index < -0.39 is 0 Å². The van der Waals surface area contributed by atoms with Crippen molar-refractivity contribution in [2.75, 3.05) is 13.2 Å². The molecule has 0 atom stereocenters. The van der Waals surface area contributed by atoms with Crippen molar-refractivity contribution in [2.24, 2.45) is 12.0 Å². The van der Waals surface area contributed by atoms with Crippen LogP contribution in [0.5, 0.6) is 0 Å². The fourth-order valence-electron chi connectivity index (χ4n) is 3.27. The van der Waals surface area contributed by atoms with Gasteiger partial charge in [0, 0.05) is 36.5 Å². The van der Waals surface area contributed by atoms with Crippen molar-refractivity contribution in [1.29, 1.82) is 0 Å². The second kappa shape index (κ2) is 5.56. The Kier molecular flexibility index (Phi) is 3.39. The molecule has 4 nitrogen and oxygen atoms in total. The van der Waals surface area contributed by atoms with E-state index in [1.165, 1.54) is 5.39 Å². The zero-order chi connectivity index (χ0) is 15.8. The summed E-state index contributed by atoms with van der Waals surface area (Å²) in [7, 11) is 2.08. The lowest BCUT2D eigenvalue weighted by Crippen LogP contribution is -2.11. The zero-order valence-electron chi connectivity index (χ0n) is 13.1. The van der Waals surface area contributed by atoms with Crippen LogP contribution in [0.3, 0.4) is 0 Å². The van der Waals surface area contributed by atoms with E-state index in [2.05, 4.69) is 46.9 Å². The lowest BCUT2D eigenvalue weighted by atomic mass is 10.1. The average Bonchev–Trinajstić information content (AvgIpc) is 2.98. The third-order valence-electron chi connectivity index (χ3n) is 4.37. The van der Waals surface area contributed by atoms with Gasteiger partial charge in [-0.15, -0.1) is 0 Å². The number of aliphatic hydroxyl groups is 1. The number of benzene rings is 2. The van der Waals surface area contributed by atoms with Gasteiger partial charge in [0.25, 0.3) is 0 Å². The van der Waals surface area contributed by atoms with Crippen LogP contribution in [0, 0.1) is 0 Å². The highest BCUT2D eigenvalue weighted by Crippen LogP contribution is 2.25. The Balaban J connectivity index is 2.24. The molecule has 4 rings (SSSR count). The van der Waals surface area contributed by atoms with Gasteiger partial charge in [0.15, 0.2) is 0 Å². The molecule has 2 aromatic heterocycles. The van der Waals surface area contributed by atoms with Crippen LogP contribution in [0.15, 0.2) is 53.5 Å². The first-order valence-electron chi connectivity index (χ1n) is 7.91. The number of rotatable bonds is 3. The maximum Gasteiger partial charge on any atom is 0.120 e. The van der Waals surface area contributed by atoms with Crippen LogP contribution in [0.4, 0.5) is 0 Å². The number of nitrogens with zero attached hydrogens (tertiary/aromatic N) is 2. The number of hydrogen-bond acceptors (Lipinski definition) is 2. The van der Waals surface area contributed by atoms with E-state index in [1.54, 1.807) is 0 Å². The number of aryl methyl sites for hydroxylation is 1. The van der Waals surface area contributed by atoms with Gasteiger partial charge in [0.1, 0.15) is 5.65 Å². The van der Waals surface area contributed by atoms with Gasteiger partial charge in [0.05, 0.1) is 16.3 Å². The summed E-state index contributed by atoms with van der Waals surface area (Å²) in [5.74, 6) is 0. The van der Waals surface area contributed by atoms with Crippen LogP contribution in [-0.2, 0) is 7.05 Å². The number of para-hydroxylation sites is 2. The lowest BCUT2D eigenvalue weighted by molar-refractivity contribution is 0.291. The smallest absolute Gasteiger partial charge is 0.120 e. The van der Waals surface area contributed by atoms with E-state index in [4.69, 9.17) is 10.1 Å². The number of nitrogens with one attached hydrogen (secondary N) is 1. The van der Waals surface area contributed by atoms with Crippen molar-refractivity contribution in [1.82, 2.24) is 9.55 Å². The molecule has 2 N–H and O–H groups in total. The number of aromatic amines is 1. The monoisotopic (exact) mass is 305 g/mol. The average molecular weight is 305 g/mol. The van der Waals surface area contributed by atoms with E-state index in [-0.39, 0.29) is 6.61 Å². The van der Waals surface area contributed by atoms with Gasteiger partial charge in [0.2, 0.25) is 0 Å². The molecule has 0 radical (unpaired) electrons. The largest absolute Gasteiger partial charge is 0.396 e. The Morgan fingerprint density at radius 3 is 2.61 bits per heavy atom. The maximum absolute atomic E-state index is 9.08. The van der Waals surface area contributed by atoms with Crippen LogP contribution >= 0.6 is 0 Å². The van der Waals surface area contributed by atoms with Crippen molar-refractivity contribution < 1.29 is 5.11 Å². The molecule has 0 saturated carbocycles. The number of H-pyrrole nitrogens is 1. The maximum atomic E-state index is 9.08. The minimum absolute atomic E-state index is 0.166. The Labute approximate surface area is 133 Å². The summed E-state index contributed by atoms with van der Waals surface area (Å²) in [5, 5.41) is 13.6. The van der Waals surface area contributed by atoms with Gasteiger partial charge in [-0.1, -0.05) is 36.4 Å². The molecular formula is C19H19N3O. The highest BCUT2D eigenvalue weighted by atomic mass is 16.3. The summed E-state index contributed by atoms with van der Waals surface area (Å²) in [4.78, 5) is 8.35. The Morgan fingerprint density at radius 2 is 1.78 bits per heavy atom. The van der Waals surface area contributed by atoms with E-state index in [0.717, 1.165) is 32.8 Å².